The summed E-state index contributed by atoms with van der Waals surface area (Å²) in [6.07, 6.45) is -3.41. The Balaban J connectivity index is 0.000000412. The molecule has 4 N–H and O–H groups in total. The number of hydrogen-bond acceptors (Lipinski definition) is 4. The summed E-state index contributed by atoms with van der Waals surface area (Å²) in [5.41, 5.74) is 6.18. The van der Waals surface area contributed by atoms with Crippen LogP contribution in [0, 0.1) is 5.41 Å². The predicted molar refractivity (Wildman–Crippen MR) is 90.9 cm³/mol. The molecule has 2 aromatic rings. The van der Waals surface area contributed by atoms with Crippen molar-refractivity contribution in [2.45, 2.75) is 6.18 Å². The number of ether oxygens (including phenoxy) is 2. The van der Waals surface area contributed by atoms with Crippen molar-refractivity contribution in [1.29, 1.82) is 5.41 Å². The number of carboxylic acids is 1. The molecule has 0 saturated heterocycles. The number of nitrogens with two attached hydrogens (primary N) is 1. The zero-order valence-electron chi connectivity index (χ0n) is 13.8. The largest absolute Gasteiger partial charge is 0.493 e. The first-order chi connectivity index (χ1) is 12.1. The number of amidine groups is 1. The zero-order valence-corrected chi connectivity index (χ0v) is 13.8. The third-order valence-corrected chi connectivity index (χ3v) is 3.05. The lowest BCUT2D eigenvalue weighted by Gasteiger charge is -2.13. The van der Waals surface area contributed by atoms with Gasteiger partial charge in [0.1, 0.15) is 12.4 Å². The molecule has 26 heavy (non-hydrogen) atoms. The van der Waals surface area contributed by atoms with Crippen molar-refractivity contribution < 1.29 is 32.5 Å². The van der Waals surface area contributed by atoms with E-state index in [1.807, 2.05) is 30.3 Å². The van der Waals surface area contributed by atoms with Gasteiger partial charge in [0.2, 0.25) is 0 Å². The van der Waals surface area contributed by atoms with Crippen molar-refractivity contribution >= 4 is 22.6 Å². The van der Waals surface area contributed by atoms with E-state index in [0.717, 1.165) is 10.8 Å². The van der Waals surface area contributed by atoms with Gasteiger partial charge in [-0.1, -0.05) is 30.9 Å². The van der Waals surface area contributed by atoms with E-state index >= 15 is 0 Å². The molecule has 0 spiro atoms. The molecule has 2 rings (SSSR count). The van der Waals surface area contributed by atoms with Gasteiger partial charge < -0.3 is 20.3 Å². The Hall–Kier alpha value is -3.23. The molecule has 0 aromatic heterocycles. The summed E-state index contributed by atoms with van der Waals surface area (Å²) in [4.78, 5) is 8.90. The molecule has 0 radical (unpaired) electrons. The minimum atomic E-state index is -5.08. The van der Waals surface area contributed by atoms with Crippen LogP contribution in [-0.2, 0) is 4.79 Å². The molecule has 0 aliphatic carbocycles. The molecule has 0 aliphatic heterocycles. The lowest BCUT2D eigenvalue weighted by molar-refractivity contribution is -0.192. The lowest BCUT2D eigenvalue weighted by atomic mass is 10.0. The van der Waals surface area contributed by atoms with Crippen LogP contribution in [0.25, 0.3) is 10.8 Å². The summed E-state index contributed by atoms with van der Waals surface area (Å²) in [5, 5.41) is 16.5. The number of fused-ring (bicyclic) bond motifs is 1. The first kappa shape index (κ1) is 20.8. The van der Waals surface area contributed by atoms with E-state index in [2.05, 4.69) is 6.58 Å². The highest BCUT2D eigenvalue weighted by atomic mass is 19.4. The van der Waals surface area contributed by atoms with Gasteiger partial charge in [0, 0.05) is 10.9 Å². The van der Waals surface area contributed by atoms with Crippen molar-refractivity contribution in [2.24, 2.45) is 5.73 Å². The fourth-order valence-electron chi connectivity index (χ4n) is 1.89. The van der Waals surface area contributed by atoms with E-state index in [1.54, 1.807) is 13.2 Å². The molecule has 0 aliphatic rings. The van der Waals surface area contributed by atoms with Gasteiger partial charge in [0.15, 0.2) is 11.5 Å². The quantitative estimate of drug-likeness (QED) is 0.425. The van der Waals surface area contributed by atoms with E-state index < -0.39 is 12.1 Å². The maximum atomic E-state index is 10.6. The Morgan fingerprint density at radius 3 is 2.38 bits per heavy atom. The Morgan fingerprint density at radius 2 is 1.92 bits per heavy atom. The van der Waals surface area contributed by atoms with Crippen LogP contribution >= 0.6 is 0 Å². The van der Waals surface area contributed by atoms with Gasteiger partial charge >= 0.3 is 12.1 Å². The van der Waals surface area contributed by atoms with Crippen molar-refractivity contribution in [3.8, 4) is 11.5 Å². The Bertz CT molecular complexity index is 819. The van der Waals surface area contributed by atoms with Crippen molar-refractivity contribution in [3.63, 3.8) is 0 Å². The Kier molecular flexibility index (Phi) is 7.00. The topological polar surface area (TPSA) is 106 Å². The van der Waals surface area contributed by atoms with Gasteiger partial charge in [0.25, 0.3) is 0 Å². The van der Waals surface area contributed by atoms with Crippen molar-refractivity contribution in [1.82, 2.24) is 0 Å². The second-order valence-electron chi connectivity index (χ2n) is 4.85. The minimum absolute atomic E-state index is 0.0272. The number of benzene rings is 2. The molecule has 0 heterocycles. The van der Waals surface area contributed by atoms with Crippen molar-refractivity contribution in [3.05, 3.63) is 48.6 Å². The van der Waals surface area contributed by atoms with E-state index in [4.69, 9.17) is 30.5 Å². The van der Waals surface area contributed by atoms with Crippen LogP contribution in [0.4, 0.5) is 13.2 Å². The molecular weight excluding hydrogens is 353 g/mol. The van der Waals surface area contributed by atoms with E-state index in [9.17, 15) is 13.2 Å². The number of carbonyl (C=O) groups is 1. The molecule has 0 unspecified atom stereocenters. The molecule has 0 bridgehead atoms. The summed E-state index contributed by atoms with van der Waals surface area (Å²) < 4.78 is 42.7. The summed E-state index contributed by atoms with van der Waals surface area (Å²) >= 11 is 0. The first-order valence-electron chi connectivity index (χ1n) is 7.10. The van der Waals surface area contributed by atoms with E-state index in [1.165, 1.54) is 0 Å². The molecular formula is C17H17F3N2O4. The highest BCUT2D eigenvalue weighted by molar-refractivity contribution is 6.01. The maximum absolute atomic E-state index is 10.6. The maximum Gasteiger partial charge on any atom is 0.490 e. The molecule has 6 nitrogen and oxygen atoms in total. The summed E-state index contributed by atoms with van der Waals surface area (Å²) in [6.45, 7) is 4.03. The van der Waals surface area contributed by atoms with Crippen LogP contribution in [0.2, 0.25) is 0 Å². The second kappa shape index (κ2) is 8.75. The number of carboxylic acid groups (broad SMARTS) is 1. The van der Waals surface area contributed by atoms with Crippen LogP contribution in [0.1, 0.15) is 5.56 Å². The van der Waals surface area contributed by atoms with Gasteiger partial charge in [0.05, 0.1) is 7.11 Å². The van der Waals surface area contributed by atoms with Crippen LogP contribution in [0.15, 0.2) is 43.0 Å². The fourth-order valence-corrected chi connectivity index (χ4v) is 1.89. The third-order valence-electron chi connectivity index (χ3n) is 3.05. The van der Waals surface area contributed by atoms with Gasteiger partial charge in [-0.25, -0.2) is 4.79 Å². The SMILES string of the molecule is C=CCOc1c(OC)ccc2ccc(C(=N)N)cc12.O=C(O)C(F)(F)F. The molecule has 0 fully saturated rings. The Labute approximate surface area is 147 Å². The monoisotopic (exact) mass is 370 g/mol. The predicted octanol–water partition coefficient (Wildman–Crippen LogP) is 3.33. The van der Waals surface area contributed by atoms with Crippen LogP contribution in [0.5, 0.6) is 11.5 Å². The van der Waals surface area contributed by atoms with Gasteiger partial charge in [-0.15, -0.1) is 0 Å². The summed E-state index contributed by atoms with van der Waals surface area (Å²) in [6, 6.07) is 9.35. The van der Waals surface area contributed by atoms with Crippen LogP contribution < -0.4 is 15.2 Å². The summed E-state index contributed by atoms with van der Waals surface area (Å²) in [5.74, 6) is -1.44. The fraction of sp³-hybridized carbons (Fsp3) is 0.176. The molecule has 0 amide bonds. The molecule has 0 saturated carbocycles. The minimum Gasteiger partial charge on any atom is -0.493 e. The molecule has 140 valence electrons. The van der Waals surface area contributed by atoms with Gasteiger partial charge in [-0.05, 0) is 17.5 Å². The number of aliphatic carboxylic acids is 1. The van der Waals surface area contributed by atoms with Crippen LogP contribution in [-0.4, -0.2) is 36.8 Å². The second-order valence-corrected chi connectivity index (χ2v) is 4.85. The molecule has 0 atom stereocenters. The molecule has 2 aromatic carbocycles. The number of alkyl halides is 3. The van der Waals surface area contributed by atoms with E-state index in [-0.39, 0.29) is 5.84 Å². The normalized spacial score (nSPS) is 10.5. The summed E-state index contributed by atoms with van der Waals surface area (Å²) in [7, 11) is 1.59. The number of nitrogen functional groups attached to an aromatic ring is 1. The average molecular weight is 370 g/mol. The zero-order chi connectivity index (χ0) is 19.9. The number of halogens is 3. The number of hydrogen-bond donors (Lipinski definition) is 3. The first-order valence-corrected chi connectivity index (χ1v) is 7.10. The lowest BCUT2D eigenvalue weighted by Crippen LogP contribution is -2.21. The van der Waals surface area contributed by atoms with Crippen LogP contribution in [0.3, 0.4) is 0 Å². The smallest absolute Gasteiger partial charge is 0.490 e. The number of methoxy groups -OCH3 is 1. The highest BCUT2D eigenvalue weighted by Crippen LogP contribution is 2.36. The highest BCUT2D eigenvalue weighted by Gasteiger charge is 2.38. The van der Waals surface area contributed by atoms with E-state index in [0.29, 0.717) is 23.7 Å². The average Bonchev–Trinajstić information content (AvgIpc) is 2.58. The van der Waals surface area contributed by atoms with Gasteiger partial charge in [-0.3, -0.25) is 5.41 Å². The number of rotatable bonds is 5. The molecule has 9 heteroatoms. The third kappa shape index (κ3) is 5.40. The van der Waals surface area contributed by atoms with Gasteiger partial charge in [-0.2, -0.15) is 13.2 Å². The van der Waals surface area contributed by atoms with Crippen molar-refractivity contribution in [2.75, 3.05) is 13.7 Å². The number of nitrogens with one attached hydrogen (secondary N) is 1. The Morgan fingerprint density at radius 1 is 1.35 bits per heavy atom. The standard InChI is InChI=1S/C15H16N2O2.C2HF3O2/c1-3-8-19-14-12-9-11(15(16)17)5-4-10(12)6-7-13(14)18-2;3-2(4,5)1(6)7/h3-7,9H,1,8H2,2H3,(H3,16,17);(H,6,7).